The quantitative estimate of drug-likeness (QED) is 0.677. The molecule has 1 aromatic heterocycles. The van der Waals surface area contributed by atoms with Gasteiger partial charge in [0.05, 0.1) is 13.2 Å². The summed E-state index contributed by atoms with van der Waals surface area (Å²) in [6, 6.07) is 6.42. The molecule has 0 unspecified atom stereocenters. The van der Waals surface area contributed by atoms with Gasteiger partial charge in [0.1, 0.15) is 0 Å². The number of rotatable bonds is 9. The molecule has 0 atom stereocenters. The van der Waals surface area contributed by atoms with Crippen molar-refractivity contribution in [2.24, 2.45) is 0 Å². The molecule has 1 fully saturated rings. The average Bonchev–Trinajstić information content (AvgIpc) is 2.64. The Balaban J connectivity index is 1.65. The number of likely N-dealkylation sites (N-methyl/N-ethyl adjacent to an activating group) is 1. The first-order valence-corrected chi connectivity index (χ1v) is 8.78. The van der Waals surface area contributed by atoms with Crippen LogP contribution in [0, 0.1) is 0 Å². The van der Waals surface area contributed by atoms with Crippen LogP contribution in [0.3, 0.4) is 0 Å². The number of ether oxygens (including phenoxy) is 1. The number of aromatic nitrogens is 1. The summed E-state index contributed by atoms with van der Waals surface area (Å²) in [6.07, 6.45) is 4.93. The fourth-order valence-electron chi connectivity index (χ4n) is 3.05. The van der Waals surface area contributed by atoms with Crippen LogP contribution < -0.4 is 5.32 Å². The standard InChI is InChI=1S/C18H30N4O2/c1-21(18(23)15-19-10-14-24-2)17-7-12-22(13-8-17)11-6-16-5-3-4-9-20-16/h3-5,9,17,19H,6-8,10-15H2,1-2H3. The molecule has 1 amide bonds. The molecule has 24 heavy (non-hydrogen) atoms. The van der Waals surface area contributed by atoms with Gasteiger partial charge in [0.25, 0.3) is 0 Å². The van der Waals surface area contributed by atoms with E-state index in [0.717, 1.165) is 44.6 Å². The minimum absolute atomic E-state index is 0.165. The number of piperidine rings is 1. The molecule has 0 aromatic carbocycles. The van der Waals surface area contributed by atoms with Gasteiger partial charge in [-0.25, -0.2) is 0 Å². The van der Waals surface area contributed by atoms with Gasteiger partial charge < -0.3 is 19.9 Å². The molecule has 6 nitrogen and oxygen atoms in total. The number of amides is 1. The first-order valence-electron chi connectivity index (χ1n) is 8.78. The molecule has 1 N–H and O–H groups in total. The highest BCUT2D eigenvalue weighted by Crippen LogP contribution is 2.15. The van der Waals surface area contributed by atoms with Crippen molar-refractivity contribution in [3.63, 3.8) is 0 Å². The molecule has 0 saturated carbocycles. The molecular formula is C18H30N4O2. The number of pyridine rings is 1. The number of nitrogens with zero attached hydrogens (tertiary/aromatic N) is 3. The highest BCUT2D eigenvalue weighted by molar-refractivity contribution is 5.78. The van der Waals surface area contributed by atoms with Gasteiger partial charge in [-0.05, 0) is 25.0 Å². The Hall–Kier alpha value is -1.50. The second-order valence-electron chi connectivity index (χ2n) is 6.32. The number of methoxy groups -OCH3 is 1. The normalized spacial score (nSPS) is 16.2. The highest BCUT2D eigenvalue weighted by atomic mass is 16.5. The third-order valence-corrected chi connectivity index (χ3v) is 4.67. The van der Waals surface area contributed by atoms with E-state index in [1.165, 1.54) is 0 Å². The highest BCUT2D eigenvalue weighted by Gasteiger charge is 2.24. The minimum atomic E-state index is 0.165. The van der Waals surface area contributed by atoms with Crippen molar-refractivity contribution >= 4 is 5.91 Å². The van der Waals surface area contributed by atoms with Crippen molar-refractivity contribution in [3.8, 4) is 0 Å². The summed E-state index contributed by atoms with van der Waals surface area (Å²) >= 11 is 0. The lowest BCUT2D eigenvalue weighted by atomic mass is 10.0. The van der Waals surface area contributed by atoms with Crippen LogP contribution in [0.2, 0.25) is 0 Å². The average molecular weight is 334 g/mol. The van der Waals surface area contributed by atoms with E-state index < -0.39 is 0 Å². The van der Waals surface area contributed by atoms with Crippen molar-refractivity contribution in [1.82, 2.24) is 20.1 Å². The maximum atomic E-state index is 12.2. The van der Waals surface area contributed by atoms with Crippen LogP contribution in [-0.4, -0.2) is 80.2 Å². The summed E-state index contributed by atoms with van der Waals surface area (Å²) in [7, 11) is 3.59. The van der Waals surface area contributed by atoms with E-state index >= 15 is 0 Å². The SMILES string of the molecule is COCCNCC(=O)N(C)C1CCN(CCc2ccccn2)CC1. The van der Waals surface area contributed by atoms with E-state index in [-0.39, 0.29) is 5.91 Å². The smallest absolute Gasteiger partial charge is 0.236 e. The fourth-order valence-corrected chi connectivity index (χ4v) is 3.05. The monoisotopic (exact) mass is 334 g/mol. The minimum Gasteiger partial charge on any atom is -0.383 e. The largest absolute Gasteiger partial charge is 0.383 e. The Morgan fingerprint density at radius 1 is 1.42 bits per heavy atom. The van der Waals surface area contributed by atoms with Gasteiger partial charge in [0.2, 0.25) is 5.91 Å². The molecule has 1 aliphatic rings. The van der Waals surface area contributed by atoms with E-state index in [9.17, 15) is 4.79 Å². The second kappa shape index (κ2) is 10.4. The maximum Gasteiger partial charge on any atom is 0.236 e. The molecule has 0 radical (unpaired) electrons. The number of likely N-dealkylation sites (tertiary alicyclic amines) is 1. The molecule has 0 bridgehead atoms. The van der Waals surface area contributed by atoms with Crippen LogP contribution in [-0.2, 0) is 16.0 Å². The van der Waals surface area contributed by atoms with E-state index in [1.54, 1.807) is 7.11 Å². The van der Waals surface area contributed by atoms with Gasteiger partial charge in [-0.3, -0.25) is 9.78 Å². The van der Waals surface area contributed by atoms with E-state index in [2.05, 4.69) is 21.3 Å². The van der Waals surface area contributed by atoms with E-state index in [0.29, 0.717) is 25.7 Å². The van der Waals surface area contributed by atoms with Gasteiger partial charge in [-0.2, -0.15) is 0 Å². The van der Waals surface area contributed by atoms with Crippen LogP contribution >= 0.6 is 0 Å². The molecule has 1 aliphatic heterocycles. The number of carbonyl (C=O) groups is 1. The summed E-state index contributed by atoms with van der Waals surface area (Å²) in [5.74, 6) is 0.165. The van der Waals surface area contributed by atoms with E-state index in [4.69, 9.17) is 4.74 Å². The lowest BCUT2D eigenvalue weighted by Gasteiger charge is -2.36. The molecule has 6 heteroatoms. The number of hydrogen-bond donors (Lipinski definition) is 1. The summed E-state index contributed by atoms with van der Waals surface area (Å²) in [6.45, 7) is 4.87. The second-order valence-corrected chi connectivity index (χ2v) is 6.32. The maximum absolute atomic E-state index is 12.2. The number of carbonyl (C=O) groups excluding carboxylic acids is 1. The van der Waals surface area contributed by atoms with Crippen LogP contribution in [0.4, 0.5) is 0 Å². The predicted molar refractivity (Wildman–Crippen MR) is 94.9 cm³/mol. The molecule has 0 spiro atoms. The molecule has 134 valence electrons. The van der Waals surface area contributed by atoms with Crippen LogP contribution in [0.1, 0.15) is 18.5 Å². The Bertz CT molecular complexity index is 475. The van der Waals surface area contributed by atoms with E-state index in [1.807, 2.05) is 30.3 Å². The Morgan fingerprint density at radius 2 is 2.21 bits per heavy atom. The van der Waals surface area contributed by atoms with Crippen LogP contribution in [0.15, 0.2) is 24.4 Å². The summed E-state index contributed by atoms with van der Waals surface area (Å²) < 4.78 is 4.97. The number of nitrogens with one attached hydrogen (secondary N) is 1. The first kappa shape index (κ1) is 18.8. The van der Waals surface area contributed by atoms with Gasteiger partial charge in [0.15, 0.2) is 0 Å². The van der Waals surface area contributed by atoms with Gasteiger partial charge in [-0.15, -0.1) is 0 Å². The first-order chi connectivity index (χ1) is 11.7. The van der Waals surface area contributed by atoms with Gasteiger partial charge in [0, 0.05) is 64.7 Å². The van der Waals surface area contributed by atoms with Crippen molar-refractivity contribution in [2.75, 3.05) is 53.5 Å². The van der Waals surface area contributed by atoms with Crippen LogP contribution in [0.5, 0.6) is 0 Å². The van der Waals surface area contributed by atoms with Crippen molar-refractivity contribution < 1.29 is 9.53 Å². The van der Waals surface area contributed by atoms with Crippen molar-refractivity contribution in [3.05, 3.63) is 30.1 Å². The molecule has 1 saturated heterocycles. The molecular weight excluding hydrogens is 304 g/mol. The molecule has 0 aliphatic carbocycles. The number of hydrogen-bond acceptors (Lipinski definition) is 5. The van der Waals surface area contributed by atoms with Crippen molar-refractivity contribution in [2.45, 2.75) is 25.3 Å². The zero-order valence-corrected chi connectivity index (χ0v) is 14.9. The lowest BCUT2D eigenvalue weighted by molar-refractivity contribution is -0.131. The fraction of sp³-hybridized carbons (Fsp3) is 0.667. The summed E-state index contributed by atoms with van der Waals surface area (Å²) in [5, 5.41) is 3.12. The van der Waals surface area contributed by atoms with Gasteiger partial charge >= 0.3 is 0 Å². The topological polar surface area (TPSA) is 57.7 Å². The van der Waals surface area contributed by atoms with Gasteiger partial charge in [-0.1, -0.05) is 6.07 Å². The Labute approximate surface area is 145 Å². The summed E-state index contributed by atoms with van der Waals surface area (Å²) in [5.41, 5.74) is 1.15. The predicted octanol–water partition coefficient (Wildman–Crippen LogP) is 0.783. The third kappa shape index (κ3) is 6.19. The molecule has 2 heterocycles. The Morgan fingerprint density at radius 3 is 2.88 bits per heavy atom. The molecule has 1 aromatic rings. The third-order valence-electron chi connectivity index (χ3n) is 4.67. The lowest BCUT2D eigenvalue weighted by Crippen LogP contribution is -2.48. The Kier molecular flexibility index (Phi) is 8.15. The summed E-state index contributed by atoms with van der Waals surface area (Å²) in [4.78, 5) is 21.0. The molecule has 2 rings (SSSR count). The van der Waals surface area contributed by atoms with Crippen molar-refractivity contribution in [1.29, 1.82) is 0 Å². The van der Waals surface area contributed by atoms with Crippen LogP contribution in [0.25, 0.3) is 0 Å². The zero-order chi connectivity index (χ0) is 17.2. The zero-order valence-electron chi connectivity index (χ0n) is 14.9.